The van der Waals surface area contributed by atoms with E-state index in [-0.39, 0.29) is 22.5 Å². The Morgan fingerprint density at radius 1 is 0.906 bits per heavy atom. The van der Waals surface area contributed by atoms with Gasteiger partial charge in [0.15, 0.2) is 5.11 Å². The minimum Gasteiger partial charge on any atom is -0.492 e. The molecule has 0 unspecified atom stereocenters. The van der Waals surface area contributed by atoms with Crippen molar-refractivity contribution in [3.8, 4) is 5.75 Å². The number of benzene rings is 2. The van der Waals surface area contributed by atoms with Crippen molar-refractivity contribution in [2.24, 2.45) is 0 Å². The minimum atomic E-state index is -0.351. The summed E-state index contributed by atoms with van der Waals surface area (Å²) in [4.78, 5) is 29.0. The van der Waals surface area contributed by atoms with Crippen LogP contribution in [0.3, 0.4) is 0 Å². The van der Waals surface area contributed by atoms with E-state index >= 15 is 0 Å². The number of carbonyl (C=O) groups excluding carboxylic acids is 2. The van der Waals surface area contributed by atoms with Crippen LogP contribution in [0.5, 0.6) is 5.75 Å². The first-order chi connectivity index (χ1) is 15.5. The maximum absolute atomic E-state index is 13.0. The molecule has 0 saturated carbocycles. The average molecular weight is 448 g/mol. The van der Waals surface area contributed by atoms with Crippen molar-refractivity contribution >= 4 is 46.1 Å². The van der Waals surface area contributed by atoms with Gasteiger partial charge < -0.3 is 9.30 Å². The fourth-order valence-corrected chi connectivity index (χ4v) is 4.32. The second-order valence-electron chi connectivity index (χ2n) is 7.40. The van der Waals surface area contributed by atoms with E-state index in [9.17, 15) is 9.59 Å². The Morgan fingerprint density at radius 2 is 1.53 bits per heavy atom. The van der Waals surface area contributed by atoms with Crippen molar-refractivity contribution in [2.45, 2.75) is 20.4 Å². The van der Waals surface area contributed by atoms with Crippen LogP contribution in [0, 0.1) is 0 Å². The van der Waals surface area contributed by atoms with Gasteiger partial charge in [-0.05, 0) is 50.3 Å². The fourth-order valence-electron chi connectivity index (χ4n) is 3.89. The van der Waals surface area contributed by atoms with Crippen LogP contribution in [0.25, 0.3) is 17.0 Å². The molecule has 0 bridgehead atoms. The highest BCUT2D eigenvalue weighted by atomic mass is 32.1. The van der Waals surface area contributed by atoms with Gasteiger partial charge in [-0.25, -0.2) is 0 Å². The molecule has 164 valence electrons. The summed E-state index contributed by atoms with van der Waals surface area (Å²) >= 11 is 5.35. The lowest BCUT2D eigenvalue weighted by Gasteiger charge is -2.35. The van der Waals surface area contributed by atoms with E-state index in [2.05, 4.69) is 4.57 Å². The van der Waals surface area contributed by atoms with Gasteiger partial charge in [-0.3, -0.25) is 19.4 Å². The molecule has 1 saturated heterocycles. The standard InChI is InChI=1S/C25H25N3O3S/c1-3-27-23(29)21(24(30)28(4-2)25(27)32)16-18-17-26(22-13-9-8-12-20(18)22)14-15-31-19-10-6-5-7-11-19/h5-13,16-17H,3-4,14-15H2,1-2H3. The van der Waals surface area contributed by atoms with Gasteiger partial charge in [-0.2, -0.15) is 0 Å². The molecule has 0 spiro atoms. The molecule has 2 aromatic carbocycles. The SMILES string of the molecule is CCN1C(=O)C(=Cc2cn(CCOc3ccccc3)c3ccccc23)C(=O)N(CC)C1=S. The van der Waals surface area contributed by atoms with E-state index in [0.29, 0.717) is 26.2 Å². The molecule has 4 rings (SSSR count). The number of rotatable bonds is 7. The van der Waals surface area contributed by atoms with Crippen molar-refractivity contribution in [1.29, 1.82) is 0 Å². The number of amides is 2. The maximum atomic E-state index is 13.0. The number of hydrogen-bond donors (Lipinski definition) is 0. The lowest BCUT2D eigenvalue weighted by Crippen LogP contribution is -2.55. The first-order valence-electron chi connectivity index (χ1n) is 10.7. The minimum absolute atomic E-state index is 0.130. The summed E-state index contributed by atoms with van der Waals surface area (Å²) in [6.07, 6.45) is 3.65. The van der Waals surface area contributed by atoms with Crippen LogP contribution in [0.4, 0.5) is 0 Å². The van der Waals surface area contributed by atoms with Crippen LogP contribution in [0.1, 0.15) is 19.4 Å². The lowest BCUT2D eigenvalue weighted by atomic mass is 10.1. The number of nitrogens with zero attached hydrogens (tertiary/aromatic N) is 3. The topological polar surface area (TPSA) is 54.8 Å². The van der Waals surface area contributed by atoms with E-state index in [1.165, 1.54) is 9.80 Å². The average Bonchev–Trinajstić information content (AvgIpc) is 3.15. The predicted molar refractivity (Wildman–Crippen MR) is 129 cm³/mol. The Balaban J connectivity index is 1.67. The zero-order valence-electron chi connectivity index (χ0n) is 18.2. The molecular weight excluding hydrogens is 422 g/mol. The summed E-state index contributed by atoms with van der Waals surface area (Å²) in [7, 11) is 0. The summed E-state index contributed by atoms with van der Waals surface area (Å²) in [6.45, 7) is 5.66. The highest BCUT2D eigenvalue weighted by Gasteiger charge is 2.37. The zero-order valence-corrected chi connectivity index (χ0v) is 19.0. The van der Waals surface area contributed by atoms with Gasteiger partial charge in [0.25, 0.3) is 11.8 Å². The van der Waals surface area contributed by atoms with Crippen LogP contribution in [-0.2, 0) is 16.1 Å². The quantitative estimate of drug-likeness (QED) is 0.311. The summed E-state index contributed by atoms with van der Waals surface area (Å²) in [5.74, 6) is 0.118. The van der Waals surface area contributed by atoms with Gasteiger partial charge in [0.1, 0.15) is 17.9 Å². The fraction of sp³-hybridized carbons (Fsp3) is 0.240. The van der Waals surface area contributed by atoms with Gasteiger partial charge in [0, 0.05) is 35.8 Å². The second-order valence-corrected chi connectivity index (χ2v) is 7.76. The zero-order chi connectivity index (χ0) is 22.7. The van der Waals surface area contributed by atoms with Crippen molar-refractivity contribution in [3.63, 3.8) is 0 Å². The van der Waals surface area contributed by atoms with Crippen LogP contribution >= 0.6 is 12.2 Å². The number of likely N-dealkylation sites (N-methyl/N-ethyl adjacent to an activating group) is 2. The number of fused-ring (bicyclic) bond motifs is 1. The van der Waals surface area contributed by atoms with Crippen LogP contribution in [-0.4, -0.2) is 51.0 Å². The number of aromatic nitrogens is 1. The summed E-state index contributed by atoms with van der Waals surface area (Å²) in [5.41, 5.74) is 1.96. The second kappa shape index (κ2) is 9.36. The highest BCUT2D eigenvalue weighted by molar-refractivity contribution is 7.80. The molecule has 1 fully saturated rings. The van der Waals surface area contributed by atoms with Gasteiger partial charge in [0.05, 0.1) is 6.54 Å². The number of ether oxygens (including phenoxy) is 1. The molecule has 6 nitrogen and oxygen atoms in total. The summed E-state index contributed by atoms with van der Waals surface area (Å²) < 4.78 is 7.93. The molecular formula is C25H25N3O3S. The number of carbonyl (C=O) groups is 2. The lowest BCUT2D eigenvalue weighted by molar-refractivity contribution is -0.133. The van der Waals surface area contributed by atoms with Gasteiger partial charge in [0.2, 0.25) is 0 Å². The van der Waals surface area contributed by atoms with Gasteiger partial charge >= 0.3 is 0 Å². The van der Waals surface area contributed by atoms with E-state index in [1.54, 1.807) is 6.08 Å². The van der Waals surface area contributed by atoms with Crippen molar-refractivity contribution in [1.82, 2.24) is 14.4 Å². The molecule has 1 aliphatic rings. The Morgan fingerprint density at radius 3 is 2.19 bits per heavy atom. The molecule has 1 aliphatic heterocycles. The Hall–Kier alpha value is -3.45. The monoisotopic (exact) mass is 447 g/mol. The molecule has 3 aromatic rings. The highest BCUT2D eigenvalue weighted by Crippen LogP contribution is 2.26. The first-order valence-corrected chi connectivity index (χ1v) is 11.1. The van der Waals surface area contributed by atoms with Crippen molar-refractivity contribution in [3.05, 3.63) is 71.9 Å². The molecule has 0 aliphatic carbocycles. The molecule has 1 aromatic heterocycles. The van der Waals surface area contributed by atoms with E-state index in [0.717, 1.165) is 22.2 Å². The molecule has 7 heteroatoms. The molecule has 0 N–H and O–H groups in total. The molecule has 0 radical (unpaired) electrons. The summed E-state index contributed by atoms with van der Waals surface area (Å²) in [5, 5.41) is 1.24. The Kier molecular flexibility index (Phi) is 6.37. The Labute approximate surface area is 192 Å². The van der Waals surface area contributed by atoms with Gasteiger partial charge in [-0.1, -0.05) is 36.4 Å². The number of thiocarbonyl (C=S) groups is 1. The van der Waals surface area contributed by atoms with Gasteiger partial charge in [-0.15, -0.1) is 0 Å². The molecule has 32 heavy (non-hydrogen) atoms. The molecule has 0 atom stereocenters. The third-order valence-corrected chi connectivity index (χ3v) is 5.95. The number of para-hydroxylation sites is 2. The van der Waals surface area contributed by atoms with Crippen molar-refractivity contribution < 1.29 is 14.3 Å². The van der Waals surface area contributed by atoms with Crippen LogP contribution < -0.4 is 4.74 Å². The largest absolute Gasteiger partial charge is 0.492 e. The van der Waals surface area contributed by atoms with Crippen molar-refractivity contribution in [2.75, 3.05) is 19.7 Å². The first kappa shape index (κ1) is 21.8. The smallest absolute Gasteiger partial charge is 0.265 e. The molecule has 2 heterocycles. The maximum Gasteiger partial charge on any atom is 0.265 e. The predicted octanol–water partition coefficient (Wildman–Crippen LogP) is 4.10. The normalized spacial score (nSPS) is 14.4. The van der Waals surface area contributed by atoms with Crippen LogP contribution in [0.15, 0.2) is 66.4 Å². The van der Waals surface area contributed by atoms with E-state index < -0.39 is 0 Å². The Bertz CT molecular complexity index is 1170. The third-order valence-electron chi connectivity index (χ3n) is 5.51. The molecule has 2 amide bonds. The summed E-state index contributed by atoms with van der Waals surface area (Å²) in [6, 6.07) is 17.6. The third kappa shape index (κ3) is 4.03. The van der Waals surface area contributed by atoms with E-state index in [4.69, 9.17) is 17.0 Å². The van der Waals surface area contributed by atoms with Crippen LogP contribution in [0.2, 0.25) is 0 Å². The van der Waals surface area contributed by atoms with E-state index in [1.807, 2.05) is 74.6 Å². The number of hydrogen-bond acceptors (Lipinski definition) is 4.